The molecule has 3 nitrogen and oxygen atoms in total. The lowest BCUT2D eigenvalue weighted by atomic mass is 10.2. The van der Waals surface area contributed by atoms with Gasteiger partial charge in [0.25, 0.3) is 0 Å². The second-order valence-electron chi connectivity index (χ2n) is 4.50. The van der Waals surface area contributed by atoms with Crippen molar-refractivity contribution in [3.63, 3.8) is 0 Å². The van der Waals surface area contributed by atoms with Crippen LogP contribution in [0.1, 0.15) is 5.56 Å². The summed E-state index contributed by atoms with van der Waals surface area (Å²) in [5.41, 5.74) is 1.56. The van der Waals surface area contributed by atoms with E-state index < -0.39 is 18.1 Å². The summed E-state index contributed by atoms with van der Waals surface area (Å²) < 4.78 is 86.5. The number of halogens is 7. The van der Waals surface area contributed by atoms with Crippen molar-refractivity contribution in [3.8, 4) is 0 Å². The van der Waals surface area contributed by atoms with E-state index >= 15 is 0 Å². The summed E-state index contributed by atoms with van der Waals surface area (Å²) in [4.78, 5) is 1.75. The van der Waals surface area contributed by atoms with Crippen molar-refractivity contribution < 1.29 is 30.7 Å². The van der Waals surface area contributed by atoms with Gasteiger partial charge in [0, 0.05) is 19.8 Å². The zero-order chi connectivity index (χ0) is 17.2. The first-order chi connectivity index (χ1) is 9.88. The summed E-state index contributed by atoms with van der Waals surface area (Å²) >= 11 is 0. The van der Waals surface area contributed by atoms with Crippen LogP contribution in [0.3, 0.4) is 0 Å². The molecular weight excluding hydrogens is 319 g/mol. The van der Waals surface area contributed by atoms with Gasteiger partial charge in [-0.15, -0.1) is 0 Å². The van der Waals surface area contributed by atoms with Crippen LogP contribution in [0.15, 0.2) is 29.4 Å². The van der Waals surface area contributed by atoms with Crippen LogP contribution in [-0.2, 0) is 0 Å². The first-order valence-corrected chi connectivity index (χ1v) is 5.78. The monoisotopic (exact) mass is 331 g/mol. The van der Waals surface area contributed by atoms with Crippen LogP contribution in [0, 0.1) is 0 Å². The lowest BCUT2D eigenvalue weighted by molar-refractivity contribution is -0.361. The van der Waals surface area contributed by atoms with Crippen LogP contribution in [0.5, 0.6) is 0 Å². The van der Waals surface area contributed by atoms with Gasteiger partial charge < -0.3 is 4.90 Å². The highest BCUT2D eigenvalue weighted by atomic mass is 19.4. The van der Waals surface area contributed by atoms with E-state index in [2.05, 4.69) is 5.10 Å². The topological polar surface area (TPSA) is 27.6 Å². The fourth-order valence-electron chi connectivity index (χ4n) is 1.29. The van der Waals surface area contributed by atoms with Crippen LogP contribution in [-0.4, -0.2) is 38.5 Å². The Balaban J connectivity index is 2.80. The number of rotatable bonds is 5. The quantitative estimate of drug-likeness (QED) is 0.387. The van der Waals surface area contributed by atoms with Crippen molar-refractivity contribution in [1.82, 2.24) is 5.43 Å². The zero-order valence-corrected chi connectivity index (χ0v) is 11.4. The fourth-order valence-corrected chi connectivity index (χ4v) is 1.29. The molecule has 0 aliphatic rings. The Hall–Kier alpha value is -2.00. The van der Waals surface area contributed by atoms with Gasteiger partial charge >= 0.3 is 18.1 Å². The molecule has 0 amide bonds. The molecule has 0 unspecified atom stereocenters. The highest BCUT2D eigenvalue weighted by molar-refractivity contribution is 5.80. The number of hydrogen-bond donors (Lipinski definition) is 1. The van der Waals surface area contributed by atoms with Crippen LogP contribution in [0.4, 0.5) is 36.4 Å². The van der Waals surface area contributed by atoms with Crippen molar-refractivity contribution >= 4 is 11.9 Å². The highest BCUT2D eigenvalue weighted by Gasteiger charge is 2.73. The number of alkyl halides is 7. The van der Waals surface area contributed by atoms with E-state index in [9.17, 15) is 30.7 Å². The largest absolute Gasteiger partial charge is 0.462 e. The van der Waals surface area contributed by atoms with Gasteiger partial charge in [-0.3, -0.25) is 0 Å². The van der Waals surface area contributed by atoms with Crippen molar-refractivity contribution in [1.29, 1.82) is 0 Å². The summed E-state index contributed by atoms with van der Waals surface area (Å²) in [5.74, 6) is -6.24. The van der Waals surface area contributed by atoms with E-state index in [1.165, 1.54) is 12.1 Å². The molecule has 22 heavy (non-hydrogen) atoms. The van der Waals surface area contributed by atoms with E-state index in [-0.39, 0.29) is 5.56 Å². The van der Waals surface area contributed by atoms with Gasteiger partial charge in [-0.2, -0.15) is 35.8 Å². The Morgan fingerprint density at radius 3 is 1.86 bits per heavy atom. The van der Waals surface area contributed by atoms with E-state index in [1.807, 2.05) is 0 Å². The third kappa shape index (κ3) is 3.80. The fraction of sp³-hybridized carbons (Fsp3) is 0.417. The number of benzene rings is 1. The van der Waals surface area contributed by atoms with Crippen molar-refractivity contribution in [2.24, 2.45) is 5.10 Å². The molecule has 0 aliphatic heterocycles. The van der Waals surface area contributed by atoms with Gasteiger partial charge in [-0.25, -0.2) is 5.43 Å². The van der Waals surface area contributed by atoms with Crippen molar-refractivity contribution in [2.45, 2.75) is 18.1 Å². The number of hydrazone groups is 1. The van der Waals surface area contributed by atoms with E-state index in [0.717, 1.165) is 5.69 Å². The van der Waals surface area contributed by atoms with E-state index in [1.54, 1.807) is 31.1 Å². The molecule has 0 saturated heterocycles. The maximum atomic E-state index is 12.9. The van der Waals surface area contributed by atoms with Crippen molar-refractivity contribution in [3.05, 3.63) is 29.8 Å². The highest BCUT2D eigenvalue weighted by Crippen LogP contribution is 2.44. The summed E-state index contributed by atoms with van der Waals surface area (Å²) in [6, 6.07) is 0.472. The van der Waals surface area contributed by atoms with Gasteiger partial charge in [0.2, 0.25) is 0 Å². The van der Waals surface area contributed by atoms with Gasteiger partial charge in [-0.05, 0) is 17.7 Å². The molecule has 0 bridgehead atoms. The molecule has 10 heteroatoms. The Morgan fingerprint density at radius 2 is 1.45 bits per heavy atom. The second-order valence-corrected chi connectivity index (χ2v) is 4.50. The molecule has 0 spiro atoms. The predicted molar refractivity (Wildman–Crippen MR) is 67.4 cm³/mol. The molecule has 124 valence electrons. The number of nitrogens with one attached hydrogen (secondary N) is 1. The van der Waals surface area contributed by atoms with Crippen LogP contribution >= 0.6 is 0 Å². The molecule has 1 rings (SSSR count). The normalized spacial score (nSPS) is 13.5. The number of hydrogen-bond acceptors (Lipinski definition) is 3. The molecule has 1 aromatic rings. The SMILES string of the molecule is CN(C)c1ccc(/C=N/NC(F)(F)C(F)(F)C(F)(F)F)cc1. The number of nitrogens with zero attached hydrogens (tertiary/aromatic N) is 2. The van der Waals surface area contributed by atoms with Gasteiger partial charge in [0.1, 0.15) is 0 Å². The van der Waals surface area contributed by atoms with Gasteiger partial charge in [0.05, 0.1) is 6.21 Å². The lowest BCUT2D eigenvalue weighted by Gasteiger charge is -2.27. The first-order valence-electron chi connectivity index (χ1n) is 5.78. The average molecular weight is 331 g/mol. The molecule has 1 aromatic carbocycles. The molecule has 0 atom stereocenters. The van der Waals surface area contributed by atoms with Gasteiger partial charge in [-0.1, -0.05) is 12.1 Å². The Kier molecular flexibility index (Phi) is 4.93. The summed E-state index contributed by atoms with van der Waals surface area (Å²) in [6.07, 6.45) is -5.69. The molecule has 0 fully saturated rings. The summed E-state index contributed by atoms with van der Waals surface area (Å²) in [7, 11) is 3.51. The molecule has 1 N–H and O–H groups in total. The third-order valence-corrected chi connectivity index (χ3v) is 2.58. The minimum Gasteiger partial charge on any atom is -0.378 e. The van der Waals surface area contributed by atoms with Crippen molar-refractivity contribution in [2.75, 3.05) is 19.0 Å². The van der Waals surface area contributed by atoms with Crippen LogP contribution in [0.2, 0.25) is 0 Å². The molecule has 0 radical (unpaired) electrons. The Labute approximate surface area is 121 Å². The minimum atomic E-state index is -6.40. The lowest BCUT2D eigenvalue weighted by Crippen LogP contribution is -2.58. The van der Waals surface area contributed by atoms with Gasteiger partial charge in [0.15, 0.2) is 0 Å². The van der Waals surface area contributed by atoms with E-state index in [0.29, 0.717) is 11.6 Å². The second kappa shape index (κ2) is 6.01. The maximum Gasteiger partial charge on any atom is 0.462 e. The Bertz CT molecular complexity index is 521. The number of anilines is 1. The smallest absolute Gasteiger partial charge is 0.378 e. The standard InChI is InChI=1S/C12H12F7N3/c1-22(2)9-5-3-8(4-6-9)7-20-21-12(18,19)10(13,14)11(15,16)17/h3-7,21H,1-2H3/b20-7+. The third-order valence-electron chi connectivity index (χ3n) is 2.58. The summed E-state index contributed by atoms with van der Waals surface area (Å²) in [6.45, 7) is 0. The molecular formula is C12H12F7N3. The van der Waals surface area contributed by atoms with Crippen LogP contribution < -0.4 is 10.3 Å². The predicted octanol–water partition coefficient (Wildman–Crippen LogP) is 3.47. The molecule has 0 heterocycles. The molecule has 0 aromatic heterocycles. The summed E-state index contributed by atoms with van der Waals surface area (Å²) in [5, 5.41) is 2.75. The first kappa shape index (κ1) is 18.1. The molecule has 0 aliphatic carbocycles. The maximum absolute atomic E-state index is 12.9. The van der Waals surface area contributed by atoms with E-state index in [4.69, 9.17) is 0 Å². The Morgan fingerprint density at radius 1 is 0.955 bits per heavy atom. The van der Waals surface area contributed by atoms with Crippen LogP contribution in [0.25, 0.3) is 0 Å². The molecule has 0 saturated carbocycles. The average Bonchev–Trinajstić information content (AvgIpc) is 2.37. The minimum absolute atomic E-state index is 0.240. The zero-order valence-electron chi connectivity index (χ0n) is 11.4.